The summed E-state index contributed by atoms with van der Waals surface area (Å²) in [4.78, 5) is 28.3. The fraction of sp³-hybridized carbons (Fsp3) is 0.268. The third-order valence-electron chi connectivity index (χ3n) is 18.6. The first-order valence-electron chi connectivity index (χ1n) is 32.0. The van der Waals surface area contributed by atoms with Crippen LogP contribution in [0.25, 0.3) is 64.6 Å². The summed E-state index contributed by atoms with van der Waals surface area (Å²) in [5, 5.41) is 48.6. The van der Waals surface area contributed by atoms with Crippen molar-refractivity contribution in [3.05, 3.63) is 236 Å². The molecule has 10 nitrogen and oxygen atoms in total. The summed E-state index contributed by atoms with van der Waals surface area (Å²) >= 11 is 0. The summed E-state index contributed by atoms with van der Waals surface area (Å²) in [5.74, 6) is 0.350. The number of benzene rings is 12. The van der Waals surface area contributed by atoms with Crippen molar-refractivity contribution in [2.75, 3.05) is 13.2 Å². The third-order valence-corrected chi connectivity index (χ3v) is 18.6. The molecule has 2 amide bonds. The molecule has 1 aliphatic rings. The van der Waals surface area contributed by atoms with Gasteiger partial charge in [-0.3, -0.25) is 9.59 Å². The number of phenolic OH excluding ortho intramolecular Hbond substituents is 2. The molecule has 12 aromatic rings. The Morgan fingerprint density at radius 1 is 0.380 bits per heavy atom. The molecule has 464 valence electrons. The van der Waals surface area contributed by atoms with E-state index in [1.807, 2.05) is 12.1 Å². The van der Waals surface area contributed by atoms with Gasteiger partial charge in [-0.15, -0.1) is 0 Å². The molecule has 0 heterocycles. The molecule has 10 heteroatoms. The predicted octanol–water partition coefficient (Wildman–Crippen LogP) is 17.8. The highest BCUT2D eigenvalue weighted by molar-refractivity contribution is 6.26. The standard InChI is InChI=1S/C82H80N4O6/c1-79(2,3)63-35-55-31-59-39-65(81(7,8)9)41-61(77(59)91-45-69(87)85-83-43-53-25-23-51-21-19-47-15-13-17-49-27-29-67(53)73(51)71(47)49)33-57-37-64(80(4,5)6)38-58(76(57)90)34-62-42-66(82(10,11)12)40-60(32-56(36-63)75(55)89)78(62)92-46-70(88)86-84-44-54-26-24-52-22-20-48-16-14-18-50-28-30-68(54)74(52)72(48)50/h13-30,35-44,89-90H,31-34,45-46H2,1-12H3,(H,85,87)(H,86,88)/b83-43+,84-44+. The number of nitrogens with zero attached hydrogens (tertiary/aromatic N) is 2. The van der Waals surface area contributed by atoms with Gasteiger partial charge in [-0.25, -0.2) is 10.9 Å². The van der Waals surface area contributed by atoms with Crippen molar-refractivity contribution in [2.45, 2.75) is 130 Å². The van der Waals surface area contributed by atoms with Crippen molar-refractivity contribution in [1.82, 2.24) is 10.9 Å². The average Bonchev–Trinajstić information content (AvgIpc) is 0.760. The zero-order chi connectivity index (χ0) is 64.8. The number of nitrogens with one attached hydrogen (secondary N) is 2. The molecular weight excluding hydrogens is 1140 g/mol. The van der Waals surface area contributed by atoms with Crippen LogP contribution in [0.5, 0.6) is 23.0 Å². The van der Waals surface area contributed by atoms with Crippen molar-refractivity contribution < 1.29 is 29.3 Å². The van der Waals surface area contributed by atoms with Gasteiger partial charge in [0.05, 0.1) is 12.4 Å². The van der Waals surface area contributed by atoms with Gasteiger partial charge in [-0.05, 0) is 153 Å². The number of rotatable bonds is 10. The molecule has 0 fully saturated rings. The number of aromatic hydroxyl groups is 2. The van der Waals surface area contributed by atoms with Gasteiger partial charge < -0.3 is 19.7 Å². The van der Waals surface area contributed by atoms with Gasteiger partial charge in [0.15, 0.2) is 13.2 Å². The Labute approximate surface area is 538 Å². The number of hydrazone groups is 2. The maximum Gasteiger partial charge on any atom is 0.277 e. The first-order valence-corrected chi connectivity index (χ1v) is 32.0. The molecule has 92 heavy (non-hydrogen) atoms. The van der Waals surface area contributed by atoms with E-state index < -0.39 is 11.8 Å². The Morgan fingerprint density at radius 3 is 0.935 bits per heavy atom. The highest BCUT2D eigenvalue weighted by atomic mass is 16.5. The van der Waals surface area contributed by atoms with Crippen LogP contribution in [0.1, 0.15) is 161 Å². The number of phenols is 2. The van der Waals surface area contributed by atoms with Gasteiger partial charge in [-0.2, -0.15) is 10.2 Å². The van der Waals surface area contributed by atoms with Gasteiger partial charge in [-0.1, -0.05) is 241 Å². The first-order chi connectivity index (χ1) is 43.7. The predicted molar refractivity (Wildman–Crippen MR) is 378 cm³/mol. The van der Waals surface area contributed by atoms with Crippen molar-refractivity contribution >= 4 is 88.9 Å². The Morgan fingerprint density at radius 2 is 0.641 bits per heavy atom. The highest BCUT2D eigenvalue weighted by Gasteiger charge is 2.30. The van der Waals surface area contributed by atoms with Gasteiger partial charge >= 0.3 is 0 Å². The molecule has 0 saturated carbocycles. The molecule has 13 rings (SSSR count). The molecule has 0 radical (unpaired) electrons. The van der Waals surface area contributed by atoms with Crippen molar-refractivity contribution in [1.29, 1.82) is 0 Å². The average molecular weight is 1220 g/mol. The van der Waals surface area contributed by atoms with Gasteiger partial charge in [0.1, 0.15) is 23.0 Å². The Kier molecular flexibility index (Phi) is 15.4. The number of carbonyl (C=O) groups excluding carboxylic acids is 2. The van der Waals surface area contributed by atoms with Gasteiger partial charge in [0.25, 0.3) is 11.8 Å². The summed E-state index contributed by atoms with van der Waals surface area (Å²) in [7, 11) is 0. The number of fused-ring (bicyclic) bond motifs is 8. The molecule has 4 N–H and O–H groups in total. The van der Waals surface area contributed by atoms with Crippen LogP contribution in [0, 0.1) is 0 Å². The molecule has 0 aromatic heterocycles. The molecule has 0 unspecified atom stereocenters. The lowest BCUT2D eigenvalue weighted by Crippen LogP contribution is -2.25. The maximum atomic E-state index is 14.1. The quantitative estimate of drug-likeness (QED) is 0.0610. The number of carbonyl (C=O) groups is 2. The van der Waals surface area contributed by atoms with Crippen LogP contribution < -0.4 is 20.3 Å². The van der Waals surface area contributed by atoms with E-state index in [0.29, 0.717) is 33.8 Å². The van der Waals surface area contributed by atoms with E-state index in [1.54, 1.807) is 12.4 Å². The third kappa shape index (κ3) is 11.8. The summed E-state index contributed by atoms with van der Waals surface area (Å²) in [5.41, 5.74) is 15.8. The minimum absolute atomic E-state index is 0.128. The van der Waals surface area contributed by atoms with E-state index in [2.05, 4.69) is 250 Å². The zero-order valence-electron chi connectivity index (χ0n) is 54.8. The van der Waals surface area contributed by atoms with Crippen LogP contribution in [-0.2, 0) is 56.9 Å². The maximum absolute atomic E-state index is 14.1. The molecule has 0 atom stereocenters. The minimum atomic E-state index is -0.448. The number of hydrogen-bond acceptors (Lipinski definition) is 8. The molecule has 0 spiro atoms. The highest BCUT2D eigenvalue weighted by Crippen LogP contribution is 2.45. The lowest BCUT2D eigenvalue weighted by Gasteiger charge is -2.28. The van der Waals surface area contributed by atoms with E-state index in [9.17, 15) is 19.8 Å². The number of amides is 2. The second-order valence-electron chi connectivity index (χ2n) is 29.4. The normalized spacial score (nSPS) is 13.4. The second-order valence-corrected chi connectivity index (χ2v) is 29.4. The van der Waals surface area contributed by atoms with E-state index in [1.165, 1.54) is 32.3 Å². The topological polar surface area (TPSA) is 142 Å². The van der Waals surface area contributed by atoms with Crippen LogP contribution >= 0.6 is 0 Å². The lowest BCUT2D eigenvalue weighted by molar-refractivity contribution is -0.123. The Balaban J connectivity index is 0.881. The summed E-state index contributed by atoms with van der Waals surface area (Å²) in [6.07, 6.45) is 4.36. The van der Waals surface area contributed by atoms with E-state index in [0.717, 1.165) is 88.0 Å². The Hall–Kier alpha value is -9.80. The molecule has 0 aliphatic heterocycles. The SMILES string of the molecule is CC(C)(C)c1cc2c(O)c(c1)Cc1cc(C(C)(C)C)cc(c1OCC(=O)N/N=C/c1ccc3ccc4cccc5ccc1c3c45)Cc1cc(C(C)(C)C)cc(c1O)Cc1cc(C(C)(C)C)cc(c1OCC(=O)N/N=C/c1ccc3ccc4cccc5ccc1c3c45)C2. The molecule has 0 saturated heterocycles. The largest absolute Gasteiger partial charge is 0.507 e. The van der Waals surface area contributed by atoms with Crippen LogP contribution in [0.2, 0.25) is 0 Å². The molecule has 12 aromatic carbocycles. The lowest BCUT2D eigenvalue weighted by atomic mass is 9.79. The molecule has 8 bridgehead atoms. The monoisotopic (exact) mass is 1220 g/mol. The summed E-state index contributed by atoms with van der Waals surface area (Å²) < 4.78 is 13.7. The minimum Gasteiger partial charge on any atom is -0.507 e. The summed E-state index contributed by atoms with van der Waals surface area (Å²) in [6.45, 7) is 25.3. The summed E-state index contributed by atoms with van der Waals surface area (Å²) in [6, 6.07) is 54.9. The fourth-order valence-electron chi connectivity index (χ4n) is 13.4. The molecule has 1 aliphatic carbocycles. The van der Waals surface area contributed by atoms with Crippen molar-refractivity contribution in [3.8, 4) is 23.0 Å². The van der Waals surface area contributed by atoms with E-state index in [-0.39, 0.29) is 72.1 Å². The van der Waals surface area contributed by atoms with Gasteiger partial charge in [0.2, 0.25) is 0 Å². The fourth-order valence-corrected chi connectivity index (χ4v) is 13.4. The molecular formula is C82H80N4O6. The second kappa shape index (κ2) is 23.2. The smallest absolute Gasteiger partial charge is 0.277 e. The Bertz CT molecular complexity index is 4540. The van der Waals surface area contributed by atoms with E-state index in [4.69, 9.17) is 9.47 Å². The van der Waals surface area contributed by atoms with Crippen LogP contribution in [-0.4, -0.2) is 47.7 Å². The van der Waals surface area contributed by atoms with Crippen LogP contribution in [0.4, 0.5) is 0 Å². The van der Waals surface area contributed by atoms with E-state index >= 15 is 0 Å². The van der Waals surface area contributed by atoms with Crippen LogP contribution in [0.3, 0.4) is 0 Å². The van der Waals surface area contributed by atoms with Crippen molar-refractivity contribution in [2.24, 2.45) is 10.2 Å². The van der Waals surface area contributed by atoms with Gasteiger partial charge in [0, 0.05) is 36.8 Å². The number of hydrogen-bond donors (Lipinski definition) is 4. The van der Waals surface area contributed by atoms with Crippen LogP contribution in [0.15, 0.2) is 168 Å². The van der Waals surface area contributed by atoms with Crippen molar-refractivity contribution in [3.63, 3.8) is 0 Å². The number of ether oxygens (including phenoxy) is 2. The first kappa shape index (κ1) is 61.1. The zero-order valence-corrected chi connectivity index (χ0v) is 54.8.